The van der Waals surface area contributed by atoms with Gasteiger partial charge in [0.05, 0.1) is 0 Å². The molecule has 0 N–H and O–H groups in total. The zero-order chi connectivity index (χ0) is 44.5. The van der Waals surface area contributed by atoms with Crippen molar-refractivity contribution in [3.63, 3.8) is 0 Å². The maximum absolute atomic E-state index is 2.50. The fourth-order valence-corrected chi connectivity index (χ4v) is 12.4. The number of fused-ring (bicyclic) bond motifs is 19. The first-order valence-corrected chi connectivity index (χ1v) is 23.8. The Kier molecular flexibility index (Phi) is 7.88. The molecule has 0 heteroatoms. The van der Waals surface area contributed by atoms with E-state index in [0.717, 1.165) is 0 Å². The van der Waals surface area contributed by atoms with Crippen molar-refractivity contribution in [1.82, 2.24) is 0 Å². The topological polar surface area (TPSA) is 0 Å². The van der Waals surface area contributed by atoms with E-state index < -0.39 is 0 Å². The molecule has 0 atom stereocenters. The third-order valence-electron chi connectivity index (χ3n) is 15.2. The number of benzene rings is 15. The summed E-state index contributed by atoms with van der Waals surface area (Å²) in [6.45, 7) is 0. The highest BCUT2D eigenvalue weighted by atomic mass is 14.3. The largest absolute Gasteiger partial charge is 0.0616 e. The molecule has 0 aromatic heterocycles. The Labute approximate surface area is 392 Å². The minimum atomic E-state index is 1.24. The minimum absolute atomic E-state index is 1.24. The Balaban J connectivity index is 1.03. The average Bonchev–Trinajstić information content (AvgIpc) is 3.41. The van der Waals surface area contributed by atoms with E-state index in [1.54, 1.807) is 0 Å². The predicted molar refractivity (Wildman–Crippen MR) is 295 cm³/mol. The second-order valence-electron chi connectivity index (χ2n) is 18.5. The van der Waals surface area contributed by atoms with Crippen molar-refractivity contribution in [2.24, 2.45) is 0 Å². The third kappa shape index (κ3) is 5.15. The SMILES string of the molecule is c1ccc2c(-c3cc4c5ccccc5c5ccccc5c4c4ccccc34)ccc(-c3c4ccccc4c(-c4cc5c6ccccc6c6ccccc6c5c5ccccc45)c4ccccc34)c2c1. The van der Waals surface area contributed by atoms with Gasteiger partial charge in [0.2, 0.25) is 0 Å². The molecule has 15 aromatic carbocycles. The Morgan fingerprint density at radius 3 is 0.750 bits per heavy atom. The second kappa shape index (κ2) is 14.3. The van der Waals surface area contributed by atoms with Gasteiger partial charge in [-0.15, -0.1) is 0 Å². The molecule has 0 nitrogen and oxygen atoms in total. The first-order chi connectivity index (χ1) is 33.8. The van der Waals surface area contributed by atoms with Crippen LogP contribution in [0.1, 0.15) is 0 Å². The lowest BCUT2D eigenvalue weighted by Gasteiger charge is -2.22. The number of hydrogen-bond donors (Lipinski definition) is 0. The summed E-state index contributed by atoms with van der Waals surface area (Å²) in [5.41, 5.74) is 7.54. The van der Waals surface area contributed by atoms with Crippen LogP contribution in [0.3, 0.4) is 0 Å². The third-order valence-corrected chi connectivity index (χ3v) is 15.2. The van der Waals surface area contributed by atoms with Gasteiger partial charge in [-0.2, -0.15) is 0 Å². The highest BCUT2D eigenvalue weighted by Crippen LogP contribution is 2.51. The van der Waals surface area contributed by atoms with E-state index in [-0.39, 0.29) is 0 Å². The summed E-state index contributed by atoms with van der Waals surface area (Å²) in [7, 11) is 0. The lowest BCUT2D eigenvalue weighted by molar-refractivity contribution is 1.68. The van der Waals surface area contributed by atoms with Gasteiger partial charge < -0.3 is 0 Å². The molecule has 0 fully saturated rings. The summed E-state index contributed by atoms with van der Waals surface area (Å²) in [6.07, 6.45) is 0. The summed E-state index contributed by atoms with van der Waals surface area (Å²) in [5.74, 6) is 0. The molecule has 0 aliphatic heterocycles. The smallest absolute Gasteiger partial charge is 0.00199 e. The summed E-state index contributed by atoms with van der Waals surface area (Å²) < 4.78 is 0. The van der Waals surface area contributed by atoms with Crippen LogP contribution in [0, 0.1) is 0 Å². The number of rotatable bonds is 3. The Bertz CT molecular complexity index is 4610. The Morgan fingerprint density at radius 1 is 0.132 bits per heavy atom. The Hall–Kier alpha value is -8.84. The van der Waals surface area contributed by atoms with Crippen molar-refractivity contribution in [2.45, 2.75) is 0 Å². The number of hydrogen-bond acceptors (Lipinski definition) is 0. The second-order valence-corrected chi connectivity index (χ2v) is 18.5. The molecule has 0 saturated heterocycles. The van der Waals surface area contributed by atoms with Gasteiger partial charge in [-0.25, -0.2) is 0 Å². The van der Waals surface area contributed by atoms with Gasteiger partial charge in [-0.3, -0.25) is 0 Å². The summed E-state index contributed by atoms with van der Waals surface area (Å²) in [6, 6.07) is 91.0. The summed E-state index contributed by atoms with van der Waals surface area (Å²) >= 11 is 0. The van der Waals surface area contributed by atoms with E-state index in [1.807, 2.05) is 0 Å². The molecule has 0 bridgehead atoms. The van der Waals surface area contributed by atoms with E-state index in [1.165, 1.54) is 152 Å². The minimum Gasteiger partial charge on any atom is -0.0616 e. The van der Waals surface area contributed by atoms with Crippen LogP contribution in [-0.4, -0.2) is 0 Å². The van der Waals surface area contributed by atoms with E-state index in [9.17, 15) is 0 Å². The molecule has 0 aliphatic carbocycles. The molecule has 312 valence electrons. The quantitative estimate of drug-likeness (QED) is 0.123. The zero-order valence-corrected chi connectivity index (χ0v) is 37.1. The van der Waals surface area contributed by atoms with Crippen LogP contribution in [0.5, 0.6) is 0 Å². The standard InChI is InChI=1S/C68H40/c1-4-24-46-43(21-1)51(61-39-62-47-25-5-2-19-41(47)44-22-7-11-29-52(44)66(62)54-31-13-9-27-49(54)61)37-38-60(46)65-56-33-15-17-35-58(56)68(59-36-18-16-34-57(59)65)64-40-63-48-26-6-3-20-42(48)45-23-8-12-30-53(45)67(63)55-32-14-10-28-50(55)64/h1-40H. The maximum atomic E-state index is 2.50. The van der Waals surface area contributed by atoms with Gasteiger partial charge in [0, 0.05) is 0 Å². The van der Waals surface area contributed by atoms with Gasteiger partial charge >= 0.3 is 0 Å². The normalized spacial score (nSPS) is 12.1. The molecule has 0 amide bonds. The molecule has 0 saturated carbocycles. The van der Waals surface area contributed by atoms with Crippen molar-refractivity contribution in [2.75, 3.05) is 0 Å². The van der Waals surface area contributed by atoms with E-state index in [2.05, 4.69) is 243 Å². The summed E-state index contributed by atoms with van der Waals surface area (Å²) in [5, 5.41) is 28.1. The fourth-order valence-electron chi connectivity index (χ4n) is 12.4. The lowest BCUT2D eigenvalue weighted by atomic mass is 9.81. The van der Waals surface area contributed by atoms with Crippen molar-refractivity contribution >= 4 is 118 Å². The van der Waals surface area contributed by atoms with Gasteiger partial charge in [0.25, 0.3) is 0 Å². The monoisotopic (exact) mass is 856 g/mol. The molecule has 68 heavy (non-hydrogen) atoms. The Morgan fingerprint density at radius 2 is 0.353 bits per heavy atom. The van der Waals surface area contributed by atoms with Crippen LogP contribution >= 0.6 is 0 Å². The first kappa shape index (κ1) is 37.4. The van der Waals surface area contributed by atoms with E-state index in [0.29, 0.717) is 0 Å². The van der Waals surface area contributed by atoms with Gasteiger partial charge in [0.1, 0.15) is 0 Å². The van der Waals surface area contributed by atoms with Crippen LogP contribution in [0.25, 0.3) is 152 Å². The van der Waals surface area contributed by atoms with Crippen LogP contribution in [0.4, 0.5) is 0 Å². The molecular weight excluding hydrogens is 817 g/mol. The fraction of sp³-hybridized carbons (Fsp3) is 0. The molecular formula is C68H40. The first-order valence-electron chi connectivity index (χ1n) is 23.8. The van der Waals surface area contributed by atoms with Crippen LogP contribution in [-0.2, 0) is 0 Å². The van der Waals surface area contributed by atoms with Gasteiger partial charge in [-0.05, 0) is 164 Å². The van der Waals surface area contributed by atoms with E-state index in [4.69, 9.17) is 0 Å². The van der Waals surface area contributed by atoms with Crippen molar-refractivity contribution in [3.05, 3.63) is 243 Å². The predicted octanol–water partition coefficient (Wildman–Crippen LogP) is 19.4. The lowest BCUT2D eigenvalue weighted by Crippen LogP contribution is -1.94. The average molecular weight is 857 g/mol. The molecule has 0 aliphatic rings. The van der Waals surface area contributed by atoms with Crippen LogP contribution in [0.15, 0.2) is 243 Å². The van der Waals surface area contributed by atoms with Gasteiger partial charge in [0.15, 0.2) is 0 Å². The highest BCUT2D eigenvalue weighted by Gasteiger charge is 2.23. The highest BCUT2D eigenvalue weighted by molar-refractivity contribution is 6.36. The van der Waals surface area contributed by atoms with Crippen LogP contribution in [0.2, 0.25) is 0 Å². The van der Waals surface area contributed by atoms with Crippen molar-refractivity contribution < 1.29 is 0 Å². The summed E-state index contributed by atoms with van der Waals surface area (Å²) in [4.78, 5) is 0. The molecule has 0 spiro atoms. The van der Waals surface area contributed by atoms with Crippen LogP contribution < -0.4 is 0 Å². The zero-order valence-electron chi connectivity index (χ0n) is 37.1. The van der Waals surface area contributed by atoms with Crippen molar-refractivity contribution in [3.8, 4) is 33.4 Å². The van der Waals surface area contributed by atoms with E-state index >= 15 is 0 Å². The molecule has 0 unspecified atom stereocenters. The van der Waals surface area contributed by atoms with Gasteiger partial charge in [-0.1, -0.05) is 231 Å². The molecule has 0 radical (unpaired) electrons. The van der Waals surface area contributed by atoms with Crippen molar-refractivity contribution in [1.29, 1.82) is 0 Å². The maximum Gasteiger partial charge on any atom is -0.00199 e. The molecule has 0 heterocycles. The molecule has 15 aromatic rings. The molecule has 15 rings (SSSR count).